The summed E-state index contributed by atoms with van der Waals surface area (Å²) in [6.07, 6.45) is 4.61. The minimum Gasteiger partial charge on any atom is -0.451 e. The molecule has 0 unspecified atom stereocenters. The van der Waals surface area contributed by atoms with E-state index >= 15 is 0 Å². The lowest BCUT2D eigenvalue weighted by atomic mass is 10.1. The summed E-state index contributed by atoms with van der Waals surface area (Å²) in [5.41, 5.74) is 1.44. The third-order valence-electron chi connectivity index (χ3n) is 4.11. The number of carbonyl (C=O) groups is 1. The minimum atomic E-state index is -0.474. The van der Waals surface area contributed by atoms with Gasteiger partial charge in [-0.1, -0.05) is 6.07 Å². The molecule has 4 rings (SSSR count). The number of amides is 1. The first-order chi connectivity index (χ1) is 14.1. The van der Waals surface area contributed by atoms with Gasteiger partial charge >= 0.3 is 0 Å². The fourth-order valence-corrected chi connectivity index (χ4v) is 2.62. The zero-order chi connectivity index (χ0) is 20.2. The summed E-state index contributed by atoms with van der Waals surface area (Å²) in [4.78, 5) is 30.7. The van der Waals surface area contributed by atoms with E-state index in [9.17, 15) is 14.9 Å². The summed E-state index contributed by atoms with van der Waals surface area (Å²) in [6.45, 7) is 0.275. The molecule has 0 aliphatic heterocycles. The van der Waals surface area contributed by atoms with E-state index in [4.69, 9.17) is 4.42 Å². The predicted molar refractivity (Wildman–Crippen MR) is 101 cm³/mol. The highest BCUT2D eigenvalue weighted by atomic mass is 16.6. The van der Waals surface area contributed by atoms with Crippen LogP contribution >= 0.6 is 0 Å². The highest BCUT2D eigenvalue weighted by molar-refractivity contribution is 5.92. The fraction of sp³-hybridized carbons (Fsp3) is 0.0526. The highest BCUT2D eigenvalue weighted by Crippen LogP contribution is 2.24. The van der Waals surface area contributed by atoms with E-state index in [0.717, 1.165) is 5.56 Å². The Labute approximate surface area is 164 Å². The molecular weight excluding hydrogens is 376 g/mol. The third kappa shape index (κ3) is 4.00. The van der Waals surface area contributed by atoms with Gasteiger partial charge in [0.1, 0.15) is 18.4 Å². The Hall–Kier alpha value is -4.34. The summed E-state index contributed by atoms with van der Waals surface area (Å²) in [7, 11) is 0. The summed E-state index contributed by atoms with van der Waals surface area (Å²) < 4.78 is 7.10. The molecule has 1 aromatic carbocycles. The van der Waals surface area contributed by atoms with Gasteiger partial charge in [0.05, 0.1) is 4.92 Å². The zero-order valence-electron chi connectivity index (χ0n) is 14.9. The van der Waals surface area contributed by atoms with Gasteiger partial charge in [0.2, 0.25) is 0 Å². The summed E-state index contributed by atoms with van der Waals surface area (Å²) in [5, 5.41) is 17.5. The number of carbonyl (C=O) groups excluding carboxylic acids is 1. The van der Waals surface area contributed by atoms with Crippen molar-refractivity contribution in [3.05, 3.63) is 88.8 Å². The van der Waals surface area contributed by atoms with Crippen molar-refractivity contribution in [2.24, 2.45) is 0 Å². The van der Waals surface area contributed by atoms with Gasteiger partial charge in [-0.15, -0.1) is 0 Å². The highest BCUT2D eigenvalue weighted by Gasteiger charge is 2.13. The molecule has 0 atom stereocenters. The minimum absolute atomic E-state index is 0.0123. The number of benzene rings is 1. The van der Waals surface area contributed by atoms with Gasteiger partial charge in [0.15, 0.2) is 11.6 Å². The Balaban J connectivity index is 1.38. The number of furan rings is 1. The van der Waals surface area contributed by atoms with Crippen LogP contribution in [0.25, 0.3) is 17.1 Å². The van der Waals surface area contributed by atoms with Crippen LogP contribution in [-0.2, 0) is 6.54 Å². The number of nitrogens with one attached hydrogen (secondary N) is 1. The number of nitro benzene ring substituents is 1. The molecule has 1 N–H and O–H groups in total. The Morgan fingerprint density at radius 2 is 1.97 bits per heavy atom. The van der Waals surface area contributed by atoms with E-state index < -0.39 is 4.92 Å². The van der Waals surface area contributed by atoms with Crippen molar-refractivity contribution in [2.45, 2.75) is 6.54 Å². The van der Waals surface area contributed by atoms with Gasteiger partial charge in [0.25, 0.3) is 11.6 Å². The second kappa shape index (κ2) is 7.72. The van der Waals surface area contributed by atoms with Crippen molar-refractivity contribution in [3.63, 3.8) is 0 Å². The lowest BCUT2D eigenvalue weighted by molar-refractivity contribution is -0.384. The maximum absolute atomic E-state index is 12.3. The normalized spacial score (nSPS) is 10.6. The first-order valence-corrected chi connectivity index (χ1v) is 8.53. The summed E-state index contributed by atoms with van der Waals surface area (Å²) in [6, 6.07) is 12.7. The number of nitro groups is 1. The van der Waals surface area contributed by atoms with Crippen LogP contribution in [0.1, 0.15) is 16.1 Å². The van der Waals surface area contributed by atoms with Gasteiger partial charge in [-0.25, -0.2) is 14.6 Å². The van der Waals surface area contributed by atoms with Crippen molar-refractivity contribution in [2.75, 3.05) is 0 Å². The number of hydrogen-bond acceptors (Lipinski definition) is 7. The first-order valence-electron chi connectivity index (χ1n) is 8.53. The predicted octanol–water partition coefficient (Wildman–Crippen LogP) is 2.76. The second-order valence-electron chi connectivity index (χ2n) is 6.02. The SMILES string of the molecule is O=C(NCc1ccc(-n2cncn2)nc1)c1ccc(-c2ccc([N+](=O)[O-])cc2)o1. The molecule has 0 bridgehead atoms. The number of rotatable bonds is 6. The fourth-order valence-electron chi connectivity index (χ4n) is 2.62. The Morgan fingerprint density at radius 1 is 1.14 bits per heavy atom. The van der Waals surface area contributed by atoms with Crippen molar-refractivity contribution in [1.82, 2.24) is 25.1 Å². The maximum Gasteiger partial charge on any atom is 0.287 e. The number of aromatic nitrogens is 4. The molecule has 3 heterocycles. The topological polar surface area (TPSA) is 129 Å². The van der Waals surface area contributed by atoms with E-state index in [1.165, 1.54) is 23.1 Å². The Bertz CT molecular complexity index is 1130. The van der Waals surface area contributed by atoms with Crippen LogP contribution in [-0.4, -0.2) is 30.6 Å². The average molecular weight is 390 g/mol. The van der Waals surface area contributed by atoms with E-state index in [2.05, 4.69) is 20.4 Å². The average Bonchev–Trinajstić information content (AvgIpc) is 3.45. The molecule has 3 aromatic heterocycles. The van der Waals surface area contributed by atoms with Crippen LogP contribution in [0.4, 0.5) is 5.69 Å². The van der Waals surface area contributed by atoms with Crippen LogP contribution in [0.2, 0.25) is 0 Å². The van der Waals surface area contributed by atoms with Gasteiger partial charge in [-0.3, -0.25) is 14.9 Å². The van der Waals surface area contributed by atoms with Crippen LogP contribution in [0, 0.1) is 10.1 Å². The maximum atomic E-state index is 12.3. The van der Waals surface area contributed by atoms with Crippen molar-refractivity contribution < 1.29 is 14.1 Å². The molecule has 0 spiro atoms. The third-order valence-corrected chi connectivity index (χ3v) is 4.11. The van der Waals surface area contributed by atoms with E-state index in [0.29, 0.717) is 17.1 Å². The lowest BCUT2D eigenvalue weighted by Crippen LogP contribution is -2.22. The molecular formula is C19H14N6O4. The molecule has 10 heteroatoms. The molecule has 0 aliphatic rings. The van der Waals surface area contributed by atoms with Crippen LogP contribution < -0.4 is 5.32 Å². The zero-order valence-corrected chi connectivity index (χ0v) is 14.9. The van der Waals surface area contributed by atoms with Crippen LogP contribution in [0.15, 0.2) is 71.8 Å². The molecule has 4 aromatic rings. The first kappa shape index (κ1) is 18.0. The molecule has 0 fully saturated rings. The van der Waals surface area contributed by atoms with E-state index in [-0.39, 0.29) is 23.9 Å². The van der Waals surface area contributed by atoms with E-state index in [1.54, 1.807) is 42.9 Å². The van der Waals surface area contributed by atoms with Crippen molar-refractivity contribution in [3.8, 4) is 17.1 Å². The van der Waals surface area contributed by atoms with Gasteiger partial charge < -0.3 is 9.73 Å². The van der Waals surface area contributed by atoms with Crippen LogP contribution in [0.3, 0.4) is 0 Å². The largest absolute Gasteiger partial charge is 0.451 e. The second-order valence-corrected chi connectivity index (χ2v) is 6.02. The number of hydrogen-bond donors (Lipinski definition) is 1. The monoisotopic (exact) mass is 390 g/mol. The molecule has 0 saturated carbocycles. The summed E-state index contributed by atoms with van der Waals surface area (Å²) in [5.74, 6) is 0.837. The van der Waals surface area contributed by atoms with Gasteiger partial charge in [-0.05, 0) is 35.9 Å². The van der Waals surface area contributed by atoms with Gasteiger partial charge in [-0.2, -0.15) is 5.10 Å². The van der Waals surface area contributed by atoms with Crippen molar-refractivity contribution >= 4 is 11.6 Å². The number of pyridine rings is 1. The van der Waals surface area contributed by atoms with Gasteiger partial charge in [0, 0.05) is 30.4 Å². The molecule has 29 heavy (non-hydrogen) atoms. The number of non-ortho nitro benzene ring substituents is 1. The quantitative estimate of drug-likeness (QED) is 0.396. The van der Waals surface area contributed by atoms with Crippen molar-refractivity contribution in [1.29, 1.82) is 0 Å². The molecule has 1 amide bonds. The molecule has 10 nitrogen and oxygen atoms in total. The van der Waals surface area contributed by atoms with E-state index in [1.807, 2.05) is 6.07 Å². The molecule has 144 valence electrons. The lowest BCUT2D eigenvalue weighted by Gasteiger charge is -2.05. The Kier molecular flexibility index (Phi) is 4.81. The number of nitrogens with zero attached hydrogens (tertiary/aromatic N) is 5. The molecule has 0 aliphatic carbocycles. The molecule has 0 saturated heterocycles. The molecule has 0 radical (unpaired) electrons. The standard InChI is InChI=1S/C19H14N6O4/c26-19(22-10-13-1-8-18(21-9-13)24-12-20-11-23-24)17-7-6-16(29-17)14-2-4-15(5-3-14)25(27)28/h1-9,11-12H,10H2,(H,22,26). The van der Waals surface area contributed by atoms with Crippen LogP contribution in [0.5, 0.6) is 0 Å². The Morgan fingerprint density at radius 3 is 2.62 bits per heavy atom. The summed E-state index contributed by atoms with van der Waals surface area (Å²) >= 11 is 0. The smallest absolute Gasteiger partial charge is 0.287 e.